The van der Waals surface area contributed by atoms with E-state index in [4.69, 9.17) is 0 Å². The van der Waals surface area contributed by atoms with Crippen LogP contribution in [-0.2, 0) is 10.0 Å². The molecule has 1 aliphatic rings. The molecule has 1 fully saturated rings. The van der Waals surface area contributed by atoms with Crippen molar-refractivity contribution in [2.45, 2.75) is 41.9 Å². The lowest BCUT2D eigenvalue weighted by Crippen LogP contribution is -2.43. The molecule has 2 unspecified atom stereocenters. The SMILES string of the molecule is CSC1CCCCC1NS(=O)(=O)c1cccc(O)c1. The Kier molecular flexibility index (Phi) is 4.76. The molecule has 106 valence electrons. The molecule has 2 rings (SSSR count). The van der Waals surface area contributed by atoms with E-state index in [1.54, 1.807) is 11.8 Å². The van der Waals surface area contributed by atoms with Crippen LogP contribution in [0.2, 0.25) is 0 Å². The lowest BCUT2D eigenvalue weighted by atomic mass is 9.96. The molecule has 2 atom stereocenters. The quantitative estimate of drug-likeness (QED) is 0.896. The summed E-state index contributed by atoms with van der Waals surface area (Å²) in [6.45, 7) is 0. The number of hydrogen-bond acceptors (Lipinski definition) is 4. The number of benzene rings is 1. The van der Waals surface area contributed by atoms with Gasteiger partial charge in [-0.25, -0.2) is 13.1 Å². The predicted molar refractivity (Wildman–Crippen MR) is 78.0 cm³/mol. The molecular formula is C13H19NO3S2. The average molecular weight is 301 g/mol. The molecular weight excluding hydrogens is 282 g/mol. The Bertz CT molecular complexity index is 530. The minimum absolute atomic E-state index is 0.0175. The Hall–Kier alpha value is -0.720. The van der Waals surface area contributed by atoms with Crippen molar-refractivity contribution in [2.24, 2.45) is 0 Å². The molecule has 0 radical (unpaired) electrons. The number of aromatic hydroxyl groups is 1. The second-order valence-corrected chi connectivity index (χ2v) is 7.57. The maximum absolute atomic E-state index is 12.3. The van der Waals surface area contributed by atoms with Crippen molar-refractivity contribution in [1.82, 2.24) is 4.72 Å². The van der Waals surface area contributed by atoms with Gasteiger partial charge in [0.15, 0.2) is 0 Å². The van der Waals surface area contributed by atoms with Crippen LogP contribution in [-0.4, -0.2) is 31.1 Å². The van der Waals surface area contributed by atoms with Crippen LogP contribution < -0.4 is 4.72 Å². The van der Waals surface area contributed by atoms with E-state index in [1.807, 2.05) is 6.26 Å². The summed E-state index contributed by atoms with van der Waals surface area (Å²) in [6, 6.07) is 5.76. The van der Waals surface area contributed by atoms with Gasteiger partial charge in [-0.2, -0.15) is 11.8 Å². The van der Waals surface area contributed by atoms with Gasteiger partial charge in [0.2, 0.25) is 10.0 Å². The van der Waals surface area contributed by atoms with Crippen molar-refractivity contribution < 1.29 is 13.5 Å². The summed E-state index contributed by atoms with van der Waals surface area (Å²) in [4.78, 5) is 0.123. The van der Waals surface area contributed by atoms with E-state index in [2.05, 4.69) is 4.72 Å². The highest BCUT2D eigenvalue weighted by molar-refractivity contribution is 7.99. The zero-order chi connectivity index (χ0) is 13.9. The summed E-state index contributed by atoms with van der Waals surface area (Å²) in [5, 5.41) is 9.72. The van der Waals surface area contributed by atoms with Gasteiger partial charge in [0, 0.05) is 11.3 Å². The summed E-state index contributed by atoms with van der Waals surface area (Å²) in [5.74, 6) is -0.0343. The zero-order valence-electron chi connectivity index (χ0n) is 10.9. The van der Waals surface area contributed by atoms with Gasteiger partial charge in [-0.15, -0.1) is 0 Å². The van der Waals surface area contributed by atoms with Crippen LogP contribution in [0, 0.1) is 0 Å². The number of phenolic OH excluding ortho intramolecular Hbond substituents is 1. The van der Waals surface area contributed by atoms with Gasteiger partial charge in [-0.3, -0.25) is 0 Å². The van der Waals surface area contributed by atoms with Crippen molar-refractivity contribution in [2.75, 3.05) is 6.26 Å². The number of rotatable bonds is 4. The Labute approximate surface area is 118 Å². The van der Waals surface area contributed by atoms with Crippen molar-refractivity contribution in [3.63, 3.8) is 0 Å². The van der Waals surface area contributed by atoms with Crippen LogP contribution in [0.25, 0.3) is 0 Å². The van der Waals surface area contributed by atoms with Crippen molar-refractivity contribution >= 4 is 21.8 Å². The topological polar surface area (TPSA) is 66.4 Å². The lowest BCUT2D eigenvalue weighted by Gasteiger charge is -2.30. The standard InChI is InChI=1S/C13H19NO3S2/c1-18-13-8-3-2-7-12(13)14-19(16,17)11-6-4-5-10(15)9-11/h4-6,9,12-15H,2-3,7-8H2,1H3. The van der Waals surface area contributed by atoms with Gasteiger partial charge < -0.3 is 5.11 Å². The number of sulfonamides is 1. The fourth-order valence-corrected chi connectivity index (χ4v) is 4.80. The normalized spacial score (nSPS) is 24.3. The molecule has 1 aromatic rings. The van der Waals surface area contributed by atoms with Crippen molar-refractivity contribution in [3.8, 4) is 5.75 Å². The highest BCUT2D eigenvalue weighted by atomic mass is 32.2. The monoisotopic (exact) mass is 301 g/mol. The third-order valence-electron chi connectivity index (χ3n) is 3.44. The largest absolute Gasteiger partial charge is 0.508 e. The molecule has 19 heavy (non-hydrogen) atoms. The predicted octanol–water partition coefficient (Wildman–Crippen LogP) is 2.34. The fourth-order valence-electron chi connectivity index (χ4n) is 2.43. The van der Waals surface area contributed by atoms with E-state index in [0.717, 1.165) is 25.7 Å². The Balaban J connectivity index is 2.16. The van der Waals surface area contributed by atoms with Crippen LogP contribution in [0.15, 0.2) is 29.2 Å². The molecule has 0 saturated heterocycles. The van der Waals surface area contributed by atoms with Gasteiger partial charge in [0.1, 0.15) is 5.75 Å². The molecule has 1 saturated carbocycles. The first-order valence-corrected chi connectivity index (χ1v) is 9.14. The van der Waals surface area contributed by atoms with E-state index in [-0.39, 0.29) is 16.7 Å². The highest BCUT2D eigenvalue weighted by Crippen LogP contribution is 2.28. The second-order valence-electron chi connectivity index (χ2n) is 4.78. The summed E-state index contributed by atoms with van der Waals surface area (Å²) in [7, 11) is -3.55. The summed E-state index contributed by atoms with van der Waals surface area (Å²) < 4.78 is 27.3. The van der Waals surface area contributed by atoms with E-state index in [1.165, 1.54) is 24.3 Å². The summed E-state index contributed by atoms with van der Waals surface area (Å²) in [6.07, 6.45) is 6.17. The van der Waals surface area contributed by atoms with Crippen molar-refractivity contribution in [1.29, 1.82) is 0 Å². The Morgan fingerprint density at radius 1 is 1.32 bits per heavy atom. The minimum atomic E-state index is -3.55. The first-order chi connectivity index (χ1) is 9.03. The van der Waals surface area contributed by atoms with Gasteiger partial charge in [-0.1, -0.05) is 18.9 Å². The van der Waals surface area contributed by atoms with E-state index in [0.29, 0.717) is 5.25 Å². The smallest absolute Gasteiger partial charge is 0.240 e. The van der Waals surface area contributed by atoms with E-state index >= 15 is 0 Å². The molecule has 0 amide bonds. The number of hydrogen-bond donors (Lipinski definition) is 2. The molecule has 2 N–H and O–H groups in total. The van der Waals surface area contributed by atoms with Crippen LogP contribution in [0.1, 0.15) is 25.7 Å². The molecule has 6 heteroatoms. The lowest BCUT2D eigenvalue weighted by molar-refractivity contribution is 0.423. The summed E-state index contributed by atoms with van der Waals surface area (Å²) in [5.41, 5.74) is 0. The molecule has 0 aromatic heterocycles. The molecule has 0 aliphatic heterocycles. The Morgan fingerprint density at radius 3 is 2.74 bits per heavy atom. The van der Waals surface area contributed by atoms with Crippen LogP contribution in [0.5, 0.6) is 5.75 Å². The van der Waals surface area contributed by atoms with Gasteiger partial charge >= 0.3 is 0 Å². The van der Waals surface area contributed by atoms with Crippen molar-refractivity contribution in [3.05, 3.63) is 24.3 Å². The molecule has 0 heterocycles. The van der Waals surface area contributed by atoms with E-state index < -0.39 is 10.0 Å². The molecule has 4 nitrogen and oxygen atoms in total. The number of nitrogens with one attached hydrogen (secondary N) is 1. The van der Waals surface area contributed by atoms with Gasteiger partial charge in [0.05, 0.1) is 4.90 Å². The zero-order valence-corrected chi connectivity index (χ0v) is 12.5. The molecule has 1 aliphatic carbocycles. The third kappa shape index (κ3) is 3.64. The highest BCUT2D eigenvalue weighted by Gasteiger charge is 2.28. The van der Waals surface area contributed by atoms with Gasteiger partial charge in [-0.05, 0) is 37.3 Å². The number of thioether (sulfide) groups is 1. The first-order valence-electron chi connectivity index (χ1n) is 6.37. The molecule has 0 bridgehead atoms. The summed E-state index contributed by atoms with van der Waals surface area (Å²) >= 11 is 1.72. The maximum Gasteiger partial charge on any atom is 0.240 e. The third-order valence-corrected chi connectivity index (χ3v) is 6.10. The Morgan fingerprint density at radius 2 is 2.05 bits per heavy atom. The van der Waals surface area contributed by atoms with Crippen LogP contribution >= 0.6 is 11.8 Å². The van der Waals surface area contributed by atoms with Crippen LogP contribution in [0.4, 0.5) is 0 Å². The number of phenols is 1. The maximum atomic E-state index is 12.3. The first kappa shape index (κ1) is 14.7. The molecule has 0 spiro atoms. The molecule has 1 aromatic carbocycles. The van der Waals surface area contributed by atoms with Gasteiger partial charge in [0.25, 0.3) is 0 Å². The van der Waals surface area contributed by atoms with E-state index in [9.17, 15) is 13.5 Å². The van der Waals surface area contributed by atoms with Crippen LogP contribution in [0.3, 0.4) is 0 Å². The second kappa shape index (κ2) is 6.15. The average Bonchev–Trinajstić information content (AvgIpc) is 2.39. The fraction of sp³-hybridized carbons (Fsp3) is 0.538. The minimum Gasteiger partial charge on any atom is -0.508 e.